The zero-order chi connectivity index (χ0) is 17.1. The highest BCUT2D eigenvalue weighted by Crippen LogP contribution is 2.23. The van der Waals surface area contributed by atoms with E-state index in [0.29, 0.717) is 23.8 Å². The van der Waals surface area contributed by atoms with Gasteiger partial charge in [0.2, 0.25) is 0 Å². The normalized spacial score (nSPS) is 11.0. The van der Waals surface area contributed by atoms with Gasteiger partial charge in [-0.05, 0) is 36.9 Å². The average Bonchev–Trinajstić information content (AvgIpc) is 2.98. The van der Waals surface area contributed by atoms with E-state index in [4.69, 9.17) is 4.42 Å². The molecule has 1 heterocycles. The van der Waals surface area contributed by atoms with E-state index in [1.807, 2.05) is 31.4 Å². The fourth-order valence-electron chi connectivity index (χ4n) is 2.51. The van der Waals surface area contributed by atoms with Crippen molar-refractivity contribution in [1.82, 2.24) is 10.3 Å². The first-order chi connectivity index (χ1) is 11.6. The number of aryl methyl sites for hydroxylation is 1. The molecule has 1 aromatic heterocycles. The third kappa shape index (κ3) is 3.28. The molecule has 0 aliphatic rings. The Bertz CT molecular complexity index is 892. The number of hydrogen-bond donors (Lipinski definition) is 1. The lowest BCUT2D eigenvalue weighted by Gasteiger charge is -2.08. The fraction of sp³-hybridized carbons (Fsp3) is 0.222. The zero-order valence-corrected chi connectivity index (χ0v) is 14.2. The molecule has 2 aromatic carbocycles. The van der Waals surface area contributed by atoms with E-state index >= 15 is 0 Å². The minimum atomic E-state index is -0.517. The number of amides is 1. The van der Waals surface area contributed by atoms with Gasteiger partial charge in [0.05, 0.1) is 5.56 Å². The van der Waals surface area contributed by atoms with Crippen molar-refractivity contribution in [2.75, 3.05) is 12.8 Å². The lowest BCUT2D eigenvalue weighted by molar-refractivity contribution is 0.0946. The fourth-order valence-corrected chi connectivity index (χ4v) is 3.11. The molecule has 0 radical (unpaired) electrons. The third-order valence-corrected chi connectivity index (χ3v) is 4.49. The van der Waals surface area contributed by atoms with E-state index in [0.717, 1.165) is 16.7 Å². The summed E-state index contributed by atoms with van der Waals surface area (Å²) in [6, 6.07) is 10.4. The molecule has 124 valence electrons. The van der Waals surface area contributed by atoms with Crippen LogP contribution in [0.4, 0.5) is 4.39 Å². The predicted octanol–water partition coefficient (Wildman–Crippen LogP) is 3.97. The molecule has 0 aliphatic carbocycles. The van der Waals surface area contributed by atoms with Gasteiger partial charge in [0.25, 0.3) is 5.91 Å². The molecule has 1 N–H and O–H groups in total. The number of oxazole rings is 1. The van der Waals surface area contributed by atoms with Gasteiger partial charge < -0.3 is 9.73 Å². The maximum absolute atomic E-state index is 13.9. The molecule has 6 heteroatoms. The average molecular weight is 344 g/mol. The summed E-state index contributed by atoms with van der Waals surface area (Å²) in [5.41, 5.74) is 2.69. The number of aromatic nitrogens is 1. The summed E-state index contributed by atoms with van der Waals surface area (Å²) in [6.45, 7) is 2.30. The van der Waals surface area contributed by atoms with Gasteiger partial charge in [-0.2, -0.15) is 0 Å². The topological polar surface area (TPSA) is 55.1 Å². The molecule has 0 atom stereocenters. The molecule has 0 fully saturated rings. The van der Waals surface area contributed by atoms with Gasteiger partial charge in [0.1, 0.15) is 11.3 Å². The van der Waals surface area contributed by atoms with Crippen LogP contribution >= 0.6 is 11.8 Å². The van der Waals surface area contributed by atoms with Gasteiger partial charge >= 0.3 is 0 Å². The number of nitrogens with zero attached hydrogens (tertiary/aromatic N) is 1. The molecule has 0 aliphatic heterocycles. The summed E-state index contributed by atoms with van der Waals surface area (Å²) < 4.78 is 19.6. The van der Waals surface area contributed by atoms with E-state index in [9.17, 15) is 9.18 Å². The number of carbonyl (C=O) groups excluding carboxylic acids is 1. The lowest BCUT2D eigenvalue weighted by atomic mass is 10.2. The molecule has 0 unspecified atom stereocenters. The van der Waals surface area contributed by atoms with Crippen molar-refractivity contribution in [3.05, 3.63) is 59.2 Å². The van der Waals surface area contributed by atoms with Crippen LogP contribution in [0.2, 0.25) is 0 Å². The molecule has 3 rings (SSSR count). The standard InChI is InChI=1S/C18H17FN2O2S/c1-11-5-3-7-13-17(11)21-15(23-13)9-10-20-18(22)16-12(19)6-4-8-14(16)24-2/h3-8H,9-10H2,1-2H3,(H,20,22). The van der Waals surface area contributed by atoms with Gasteiger partial charge in [-0.1, -0.05) is 18.2 Å². The van der Waals surface area contributed by atoms with Crippen molar-refractivity contribution in [2.45, 2.75) is 18.2 Å². The summed E-state index contributed by atoms with van der Waals surface area (Å²) in [5, 5.41) is 2.73. The predicted molar refractivity (Wildman–Crippen MR) is 93.0 cm³/mol. The maximum Gasteiger partial charge on any atom is 0.255 e. The Morgan fingerprint density at radius 1 is 1.29 bits per heavy atom. The van der Waals surface area contributed by atoms with E-state index < -0.39 is 11.7 Å². The number of thioether (sulfide) groups is 1. The highest BCUT2D eigenvalue weighted by atomic mass is 32.2. The van der Waals surface area contributed by atoms with Crippen LogP contribution in [-0.2, 0) is 6.42 Å². The first kappa shape index (κ1) is 16.5. The SMILES string of the molecule is CSc1cccc(F)c1C(=O)NCCc1nc2c(C)cccc2o1. The van der Waals surface area contributed by atoms with Crippen molar-refractivity contribution >= 4 is 28.8 Å². The molecule has 0 saturated carbocycles. The van der Waals surface area contributed by atoms with E-state index in [2.05, 4.69) is 10.3 Å². The number of benzene rings is 2. The zero-order valence-electron chi connectivity index (χ0n) is 13.4. The van der Waals surface area contributed by atoms with Crippen LogP contribution in [0.3, 0.4) is 0 Å². The van der Waals surface area contributed by atoms with Crippen molar-refractivity contribution in [1.29, 1.82) is 0 Å². The number of rotatable bonds is 5. The third-order valence-electron chi connectivity index (χ3n) is 3.71. The highest BCUT2D eigenvalue weighted by molar-refractivity contribution is 7.98. The van der Waals surface area contributed by atoms with Gasteiger partial charge in [0, 0.05) is 17.9 Å². The molecule has 24 heavy (non-hydrogen) atoms. The molecular formula is C18H17FN2O2S. The van der Waals surface area contributed by atoms with Crippen LogP contribution in [0, 0.1) is 12.7 Å². The minimum absolute atomic E-state index is 0.0819. The summed E-state index contributed by atoms with van der Waals surface area (Å²) in [5.74, 6) is -0.389. The smallest absolute Gasteiger partial charge is 0.255 e. The second-order valence-electron chi connectivity index (χ2n) is 5.35. The lowest BCUT2D eigenvalue weighted by Crippen LogP contribution is -2.27. The van der Waals surface area contributed by atoms with Crippen LogP contribution in [-0.4, -0.2) is 23.7 Å². The molecule has 0 bridgehead atoms. The van der Waals surface area contributed by atoms with Crippen LogP contribution in [0.5, 0.6) is 0 Å². The van der Waals surface area contributed by atoms with E-state index in [-0.39, 0.29) is 5.56 Å². The number of carbonyl (C=O) groups is 1. The second kappa shape index (κ2) is 7.05. The Morgan fingerprint density at radius 3 is 2.83 bits per heavy atom. The molecule has 1 amide bonds. The molecule has 0 saturated heterocycles. The van der Waals surface area contributed by atoms with Gasteiger partial charge in [-0.3, -0.25) is 4.79 Å². The van der Waals surface area contributed by atoms with Crippen molar-refractivity contribution < 1.29 is 13.6 Å². The van der Waals surface area contributed by atoms with E-state index in [1.165, 1.54) is 17.8 Å². The van der Waals surface area contributed by atoms with Crippen LogP contribution in [0.1, 0.15) is 21.8 Å². The highest BCUT2D eigenvalue weighted by Gasteiger charge is 2.16. The first-order valence-electron chi connectivity index (χ1n) is 7.56. The Labute approximate surface area is 143 Å². The molecule has 4 nitrogen and oxygen atoms in total. The monoisotopic (exact) mass is 344 g/mol. The molecule has 0 spiro atoms. The number of fused-ring (bicyclic) bond motifs is 1. The summed E-state index contributed by atoms with van der Waals surface area (Å²) in [6.07, 6.45) is 2.26. The number of nitrogens with one attached hydrogen (secondary N) is 1. The molecular weight excluding hydrogens is 327 g/mol. The van der Waals surface area contributed by atoms with Crippen molar-refractivity contribution in [2.24, 2.45) is 0 Å². The Morgan fingerprint density at radius 2 is 2.08 bits per heavy atom. The Balaban J connectivity index is 1.67. The van der Waals surface area contributed by atoms with Crippen LogP contribution in [0.25, 0.3) is 11.1 Å². The van der Waals surface area contributed by atoms with E-state index in [1.54, 1.807) is 12.1 Å². The molecule has 3 aromatic rings. The quantitative estimate of drug-likeness (QED) is 0.712. The Kier molecular flexibility index (Phi) is 4.85. The second-order valence-corrected chi connectivity index (χ2v) is 6.20. The summed E-state index contributed by atoms with van der Waals surface area (Å²) >= 11 is 1.34. The Hall–Kier alpha value is -2.34. The first-order valence-corrected chi connectivity index (χ1v) is 8.78. The minimum Gasteiger partial charge on any atom is -0.441 e. The van der Waals surface area contributed by atoms with Gasteiger partial charge in [-0.25, -0.2) is 9.37 Å². The van der Waals surface area contributed by atoms with Gasteiger partial charge in [0.15, 0.2) is 11.5 Å². The number of hydrogen-bond acceptors (Lipinski definition) is 4. The summed E-state index contributed by atoms with van der Waals surface area (Å²) in [4.78, 5) is 17.3. The van der Waals surface area contributed by atoms with Gasteiger partial charge in [-0.15, -0.1) is 11.8 Å². The summed E-state index contributed by atoms with van der Waals surface area (Å²) in [7, 11) is 0. The van der Waals surface area contributed by atoms with Crippen molar-refractivity contribution in [3.63, 3.8) is 0 Å². The number of halogens is 1. The number of para-hydroxylation sites is 1. The maximum atomic E-state index is 13.9. The van der Waals surface area contributed by atoms with Crippen LogP contribution in [0.15, 0.2) is 45.7 Å². The largest absolute Gasteiger partial charge is 0.441 e. The van der Waals surface area contributed by atoms with Crippen LogP contribution < -0.4 is 5.32 Å². The van der Waals surface area contributed by atoms with Crippen molar-refractivity contribution in [3.8, 4) is 0 Å².